The van der Waals surface area contributed by atoms with Crippen LogP contribution in [-0.4, -0.2) is 32.6 Å². The fourth-order valence-corrected chi connectivity index (χ4v) is 4.30. The van der Waals surface area contributed by atoms with Gasteiger partial charge in [0, 0.05) is 0 Å². The Morgan fingerprint density at radius 3 is 2.11 bits per heavy atom. The number of rotatable bonds is 1. The highest BCUT2D eigenvalue weighted by Crippen LogP contribution is 2.52. The maximum absolute atomic E-state index is 10.6. The Balaban J connectivity index is 2.32. The molecule has 0 aromatic heterocycles. The van der Waals surface area contributed by atoms with E-state index in [0.29, 0.717) is 18.3 Å². The number of hydrogen-bond acceptors (Lipinski definition) is 3. The van der Waals surface area contributed by atoms with Crippen molar-refractivity contribution in [2.75, 3.05) is 0 Å². The third kappa shape index (κ3) is 2.21. The molecule has 3 N–H and O–H groups in total. The zero-order chi connectivity index (χ0) is 13.7. The van der Waals surface area contributed by atoms with Gasteiger partial charge in [-0.25, -0.2) is 0 Å². The highest BCUT2D eigenvalue weighted by molar-refractivity contribution is 5.05. The van der Waals surface area contributed by atoms with Crippen LogP contribution in [0.25, 0.3) is 0 Å². The maximum atomic E-state index is 10.6. The van der Waals surface area contributed by atoms with Crippen molar-refractivity contribution in [3.63, 3.8) is 0 Å². The van der Waals surface area contributed by atoms with Gasteiger partial charge in [-0.15, -0.1) is 0 Å². The molecular weight excluding hydrogens is 228 g/mol. The average Bonchev–Trinajstić information content (AvgIpc) is 2.23. The lowest BCUT2D eigenvalue weighted by Crippen LogP contribution is -2.60. The molecule has 3 heteroatoms. The van der Waals surface area contributed by atoms with Gasteiger partial charge >= 0.3 is 0 Å². The normalized spacial score (nSPS) is 53.3. The van der Waals surface area contributed by atoms with Crippen LogP contribution in [0.3, 0.4) is 0 Å². The monoisotopic (exact) mass is 256 g/mol. The molecule has 0 bridgehead atoms. The summed E-state index contributed by atoms with van der Waals surface area (Å²) in [5.41, 5.74) is -1.69. The van der Waals surface area contributed by atoms with Gasteiger partial charge < -0.3 is 15.3 Å². The Labute approximate surface area is 110 Å². The molecule has 0 unspecified atom stereocenters. The summed E-state index contributed by atoms with van der Waals surface area (Å²) >= 11 is 0. The lowest BCUT2D eigenvalue weighted by molar-refractivity contribution is -0.201. The Morgan fingerprint density at radius 1 is 1.00 bits per heavy atom. The molecule has 3 nitrogen and oxygen atoms in total. The molecule has 0 aromatic rings. The van der Waals surface area contributed by atoms with E-state index >= 15 is 0 Å². The topological polar surface area (TPSA) is 60.7 Å². The van der Waals surface area contributed by atoms with E-state index < -0.39 is 17.3 Å². The summed E-state index contributed by atoms with van der Waals surface area (Å²) in [4.78, 5) is 0. The minimum atomic E-state index is -0.998. The number of aliphatic hydroxyl groups is 3. The van der Waals surface area contributed by atoms with Crippen molar-refractivity contribution in [2.24, 2.45) is 23.7 Å². The molecule has 0 amide bonds. The maximum Gasteiger partial charge on any atom is 0.0880 e. The Kier molecular flexibility index (Phi) is 3.54. The van der Waals surface area contributed by atoms with Gasteiger partial charge in [0.15, 0.2) is 0 Å². The molecule has 6 atom stereocenters. The molecule has 18 heavy (non-hydrogen) atoms. The summed E-state index contributed by atoms with van der Waals surface area (Å²) in [6.45, 7) is 7.98. The van der Waals surface area contributed by atoms with Crippen LogP contribution in [-0.2, 0) is 0 Å². The van der Waals surface area contributed by atoms with Crippen LogP contribution in [0, 0.1) is 23.7 Å². The lowest BCUT2D eigenvalue weighted by Gasteiger charge is -2.55. The quantitative estimate of drug-likeness (QED) is 0.672. The van der Waals surface area contributed by atoms with Crippen molar-refractivity contribution in [2.45, 2.75) is 70.7 Å². The lowest BCUT2D eigenvalue weighted by atomic mass is 9.54. The molecule has 0 radical (unpaired) electrons. The molecule has 2 aliphatic rings. The molecule has 0 spiro atoms. The first-order chi connectivity index (χ1) is 8.17. The van der Waals surface area contributed by atoms with E-state index in [1.165, 1.54) is 0 Å². The fourth-order valence-electron chi connectivity index (χ4n) is 4.30. The van der Waals surface area contributed by atoms with Crippen molar-refractivity contribution in [3.8, 4) is 0 Å². The predicted molar refractivity (Wildman–Crippen MR) is 71.0 cm³/mol. The molecule has 2 rings (SSSR count). The summed E-state index contributed by atoms with van der Waals surface area (Å²) in [6.07, 6.45) is 2.43. The van der Waals surface area contributed by atoms with Crippen LogP contribution in [0.4, 0.5) is 0 Å². The van der Waals surface area contributed by atoms with E-state index in [1.54, 1.807) is 6.92 Å². The fraction of sp³-hybridized carbons (Fsp3) is 1.00. The molecule has 0 aliphatic heterocycles. The van der Waals surface area contributed by atoms with Crippen LogP contribution < -0.4 is 0 Å². The van der Waals surface area contributed by atoms with Crippen molar-refractivity contribution in [1.82, 2.24) is 0 Å². The minimum Gasteiger partial charge on any atom is -0.390 e. The Morgan fingerprint density at radius 2 is 1.56 bits per heavy atom. The van der Waals surface area contributed by atoms with Crippen molar-refractivity contribution < 1.29 is 15.3 Å². The summed E-state index contributed by atoms with van der Waals surface area (Å²) < 4.78 is 0. The molecule has 106 valence electrons. The number of hydrogen-bond donors (Lipinski definition) is 3. The average molecular weight is 256 g/mol. The van der Waals surface area contributed by atoms with Crippen LogP contribution in [0.5, 0.6) is 0 Å². The van der Waals surface area contributed by atoms with Crippen LogP contribution in [0.15, 0.2) is 0 Å². The molecule has 0 aromatic carbocycles. The summed E-state index contributed by atoms with van der Waals surface area (Å²) in [7, 11) is 0. The molecular formula is C15H28O3. The van der Waals surface area contributed by atoms with E-state index in [4.69, 9.17) is 0 Å². The van der Waals surface area contributed by atoms with Gasteiger partial charge in [0.2, 0.25) is 0 Å². The predicted octanol–water partition coefficient (Wildman–Crippen LogP) is 1.94. The van der Waals surface area contributed by atoms with Crippen LogP contribution >= 0.6 is 0 Å². The molecule has 0 heterocycles. The van der Waals surface area contributed by atoms with Gasteiger partial charge in [0.25, 0.3) is 0 Å². The second-order valence-electron chi connectivity index (χ2n) is 7.33. The zero-order valence-electron chi connectivity index (χ0n) is 12.1. The molecule has 2 saturated carbocycles. The van der Waals surface area contributed by atoms with E-state index in [9.17, 15) is 15.3 Å². The van der Waals surface area contributed by atoms with E-state index in [2.05, 4.69) is 13.8 Å². The molecule has 2 fully saturated rings. The van der Waals surface area contributed by atoms with Crippen molar-refractivity contribution in [3.05, 3.63) is 0 Å². The highest BCUT2D eigenvalue weighted by atomic mass is 16.3. The summed E-state index contributed by atoms with van der Waals surface area (Å²) in [6, 6.07) is 0. The second-order valence-corrected chi connectivity index (χ2v) is 7.33. The minimum absolute atomic E-state index is 0.0255. The first-order valence-electron chi connectivity index (χ1n) is 7.29. The third-order valence-corrected chi connectivity index (χ3v) is 5.56. The second kappa shape index (κ2) is 4.46. The van der Waals surface area contributed by atoms with Gasteiger partial charge in [0.05, 0.1) is 17.3 Å². The van der Waals surface area contributed by atoms with Gasteiger partial charge in [-0.2, -0.15) is 0 Å². The number of fused-ring (bicyclic) bond motifs is 1. The van der Waals surface area contributed by atoms with Gasteiger partial charge in [-0.05, 0) is 63.2 Å². The first-order valence-corrected chi connectivity index (χ1v) is 7.29. The smallest absolute Gasteiger partial charge is 0.0880 e. The van der Waals surface area contributed by atoms with E-state index in [0.717, 1.165) is 19.3 Å². The molecule has 0 saturated heterocycles. The van der Waals surface area contributed by atoms with Crippen LogP contribution in [0.2, 0.25) is 0 Å². The van der Waals surface area contributed by atoms with Crippen molar-refractivity contribution in [1.29, 1.82) is 0 Å². The summed E-state index contributed by atoms with van der Waals surface area (Å²) in [5, 5.41) is 31.4. The highest BCUT2D eigenvalue weighted by Gasteiger charge is 2.55. The zero-order valence-corrected chi connectivity index (χ0v) is 12.1. The van der Waals surface area contributed by atoms with E-state index in [1.807, 2.05) is 6.92 Å². The number of aliphatic hydroxyl groups excluding tert-OH is 1. The van der Waals surface area contributed by atoms with Gasteiger partial charge in [-0.1, -0.05) is 13.8 Å². The largest absolute Gasteiger partial charge is 0.390 e. The van der Waals surface area contributed by atoms with Crippen LogP contribution in [0.1, 0.15) is 53.4 Å². The standard InChI is InChI=1S/C15H28O3/c1-9(2)10-5-7-14(3,17)11-6-8-15(4,18)13(16)12(10)11/h9-13,16-18H,5-8H2,1-4H3/t10-,11+,12-,13-,14-,15+/m1/s1. The van der Waals surface area contributed by atoms with E-state index in [-0.39, 0.29) is 11.8 Å². The van der Waals surface area contributed by atoms with Gasteiger partial charge in [-0.3, -0.25) is 0 Å². The first kappa shape index (κ1) is 14.3. The van der Waals surface area contributed by atoms with Crippen molar-refractivity contribution >= 4 is 0 Å². The third-order valence-electron chi connectivity index (χ3n) is 5.56. The summed E-state index contributed by atoms with van der Waals surface area (Å²) in [5.74, 6) is 1.03. The van der Waals surface area contributed by atoms with Gasteiger partial charge in [0.1, 0.15) is 0 Å². The molecule has 2 aliphatic carbocycles. The Bertz CT molecular complexity index is 307. The SMILES string of the molecule is CC(C)[C@H]1CC[C@@](C)(O)[C@H]2CC[C@](C)(O)[C@H](O)[C@H]12. The Hall–Kier alpha value is -0.120.